The Morgan fingerprint density at radius 3 is 1.65 bits per heavy atom. The SMILES string of the molecule is Cc1ccc(Oc2nccc(-c3[nH]c(C(C)C)nc3-c3ccc(F)cc3)n2)cc1.O=C(O)c1ccc(Oc2nccc(-c3[nH]c(C4CCNCC4)nc3-c3ccc(F)cc3)n2)cc1. The van der Waals surface area contributed by atoms with Crippen LogP contribution in [0.5, 0.6) is 23.5 Å². The molecule has 0 spiro atoms. The molecule has 8 aromatic rings. The molecule has 0 saturated carbocycles. The van der Waals surface area contributed by atoms with E-state index in [1.807, 2.05) is 31.2 Å². The van der Waals surface area contributed by atoms with E-state index < -0.39 is 5.97 Å². The van der Waals surface area contributed by atoms with Gasteiger partial charge in [0.05, 0.1) is 39.7 Å². The quantitative estimate of drug-likeness (QED) is 0.0974. The number of rotatable bonds is 11. The molecule has 15 heteroatoms. The van der Waals surface area contributed by atoms with Crippen molar-refractivity contribution in [1.82, 2.24) is 45.2 Å². The second-order valence-electron chi connectivity index (χ2n) is 15.2. The van der Waals surface area contributed by atoms with Crippen LogP contribution in [0.4, 0.5) is 8.78 Å². The van der Waals surface area contributed by atoms with Crippen LogP contribution in [0.15, 0.2) is 122 Å². The molecule has 13 nitrogen and oxygen atoms in total. The molecule has 0 unspecified atom stereocenters. The van der Waals surface area contributed by atoms with Crippen molar-refractivity contribution >= 4 is 5.97 Å². The number of imidazole rings is 2. The number of ether oxygens (including phenoxy) is 2. The highest BCUT2D eigenvalue weighted by atomic mass is 19.1. The van der Waals surface area contributed by atoms with Gasteiger partial charge in [-0.15, -0.1) is 0 Å². The van der Waals surface area contributed by atoms with E-state index in [1.54, 1.807) is 60.9 Å². The molecule has 4 aromatic carbocycles. The number of hydrogen-bond donors (Lipinski definition) is 4. The van der Waals surface area contributed by atoms with Crippen molar-refractivity contribution in [3.05, 3.63) is 156 Å². The van der Waals surface area contributed by atoms with Crippen LogP contribution in [0.3, 0.4) is 0 Å². The Hall–Kier alpha value is -7.65. The number of H-pyrrole nitrogens is 2. The first-order valence-corrected chi connectivity index (χ1v) is 20.4. The van der Waals surface area contributed by atoms with Gasteiger partial charge in [-0.3, -0.25) is 0 Å². The molecule has 1 fully saturated rings. The van der Waals surface area contributed by atoms with E-state index >= 15 is 0 Å². The average molecular weight is 848 g/mol. The number of carboxylic acids is 1. The van der Waals surface area contributed by atoms with E-state index in [1.165, 1.54) is 36.4 Å². The van der Waals surface area contributed by atoms with Crippen LogP contribution < -0.4 is 14.8 Å². The third kappa shape index (κ3) is 10.3. The third-order valence-electron chi connectivity index (χ3n) is 10.3. The first-order chi connectivity index (χ1) is 30.6. The molecule has 63 heavy (non-hydrogen) atoms. The zero-order valence-corrected chi connectivity index (χ0v) is 34.6. The number of piperidine rings is 1. The summed E-state index contributed by atoms with van der Waals surface area (Å²) in [7, 11) is 0. The van der Waals surface area contributed by atoms with Crippen molar-refractivity contribution in [3.8, 4) is 68.8 Å². The van der Waals surface area contributed by atoms with Gasteiger partial charge in [0.15, 0.2) is 0 Å². The van der Waals surface area contributed by atoms with Crippen LogP contribution in [0, 0.1) is 18.6 Å². The molecule has 1 aliphatic heterocycles. The van der Waals surface area contributed by atoms with Gasteiger partial charge in [0.25, 0.3) is 0 Å². The maximum atomic E-state index is 13.5. The van der Waals surface area contributed by atoms with E-state index in [0.29, 0.717) is 45.9 Å². The number of aromatic amines is 2. The maximum absolute atomic E-state index is 13.5. The van der Waals surface area contributed by atoms with Gasteiger partial charge < -0.3 is 29.9 Å². The van der Waals surface area contributed by atoms with Gasteiger partial charge in [-0.2, -0.15) is 9.97 Å². The second-order valence-corrected chi connectivity index (χ2v) is 15.2. The number of aromatic carboxylic acids is 1. The molecule has 9 rings (SSSR count). The summed E-state index contributed by atoms with van der Waals surface area (Å²) in [5, 5.41) is 12.4. The lowest BCUT2D eigenvalue weighted by Gasteiger charge is -2.20. The highest BCUT2D eigenvalue weighted by molar-refractivity contribution is 5.87. The summed E-state index contributed by atoms with van der Waals surface area (Å²) >= 11 is 0. The Kier molecular flexibility index (Phi) is 12.7. The zero-order chi connectivity index (χ0) is 43.9. The van der Waals surface area contributed by atoms with Crippen molar-refractivity contribution in [2.75, 3.05) is 13.1 Å². The minimum Gasteiger partial charge on any atom is -0.478 e. The summed E-state index contributed by atoms with van der Waals surface area (Å²) in [6.45, 7) is 7.99. The molecule has 4 N–H and O–H groups in total. The van der Waals surface area contributed by atoms with Gasteiger partial charge >= 0.3 is 18.0 Å². The lowest BCUT2D eigenvalue weighted by atomic mass is 9.98. The molecule has 0 atom stereocenters. The summed E-state index contributed by atoms with van der Waals surface area (Å²) in [6.07, 6.45) is 5.18. The van der Waals surface area contributed by atoms with Gasteiger partial charge in [0.2, 0.25) is 0 Å². The van der Waals surface area contributed by atoms with Gasteiger partial charge in [-0.25, -0.2) is 33.5 Å². The number of halogens is 2. The summed E-state index contributed by atoms with van der Waals surface area (Å²) in [5.41, 5.74) is 6.98. The van der Waals surface area contributed by atoms with E-state index in [0.717, 1.165) is 60.0 Å². The fourth-order valence-electron chi connectivity index (χ4n) is 6.89. The van der Waals surface area contributed by atoms with Gasteiger partial charge in [-0.1, -0.05) is 31.5 Å². The fourth-order valence-corrected chi connectivity index (χ4v) is 6.89. The predicted molar refractivity (Wildman–Crippen MR) is 234 cm³/mol. The van der Waals surface area contributed by atoms with Crippen LogP contribution in [0.2, 0.25) is 0 Å². The molecule has 0 amide bonds. The molecule has 0 bridgehead atoms. The molecule has 1 aliphatic rings. The molecular weight excluding hydrogens is 805 g/mol. The van der Waals surface area contributed by atoms with Crippen molar-refractivity contribution in [2.45, 2.75) is 45.4 Å². The molecule has 1 saturated heterocycles. The van der Waals surface area contributed by atoms with E-state index in [2.05, 4.69) is 49.1 Å². The number of carbonyl (C=O) groups is 1. The van der Waals surface area contributed by atoms with Crippen LogP contribution >= 0.6 is 0 Å². The smallest absolute Gasteiger partial charge is 0.335 e. The fraction of sp³-hybridized carbons (Fsp3) is 0.188. The van der Waals surface area contributed by atoms with Gasteiger partial charge in [0, 0.05) is 35.4 Å². The monoisotopic (exact) mass is 847 g/mol. The second kappa shape index (κ2) is 19.0. The number of hydrogen-bond acceptors (Lipinski definition) is 10. The van der Waals surface area contributed by atoms with Crippen LogP contribution in [0.1, 0.15) is 66.1 Å². The Morgan fingerprint density at radius 1 is 0.651 bits per heavy atom. The summed E-state index contributed by atoms with van der Waals surface area (Å²) < 4.78 is 38.5. The largest absolute Gasteiger partial charge is 0.478 e. The minimum atomic E-state index is -1.01. The Morgan fingerprint density at radius 2 is 1.14 bits per heavy atom. The number of aryl methyl sites for hydroxylation is 1. The van der Waals surface area contributed by atoms with Crippen LogP contribution in [-0.4, -0.2) is 64.0 Å². The average Bonchev–Trinajstić information content (AvgIpc) is 3.96. The summed E-state index contributed by atoms with van der Waals surface area (Å²) in [5.74, 6) is 1.67. The van der Waals surface area contributed by atoms with Gasteiger partial charge in [-0.05, 0) is 130 Å². The molecule has 4 aromatic heterocycles. The van der Waals surface area contributed by atoms with E-state index in [9.17, 15) is 13.6 Å². The van der Waals surface area contributed by atoms with Crippen molar-refractivity contribution in [3.63, 3.8) is 0 Å². The molecule has 318 valence electrons. The lowest BCUT2D eigenvalue weighted by molar-refractivity contribution is 0.0697. The third-order valence-corrected chi connectivity index (χ3v) is 10.3. The van der Waals surface area contributed by atoms with Crippen molar-refractivity contribution < 1.29 is 28.2 Å². The van der Waals surface area contributed by atoms with Gasteiger partial charge in [0.1, 0.15) is 34.8 Å². The number of aromatic nitrogens is 8. The highest BCUT2D eigenvalue weighted by Crippen LogP contribution is 2.35. The number of carboxylic acid groups (broad SMARTS) is 1. The van der Waals surface area contributed by atoms with Crippen molar-refractivity contribution in [1.29, 1.82) is 0 Å². The Balaban J connectivity index is 0.000000175. The predicted octanol–water partition coefficient (Wildman–Crippen LogP) is 10.5. The van der Waals surface area contributed by atoms with Crippen molar-refractivity contribution in [2.24, 2.45) is 0 Å². The van der Waals surface area contributed by atoms with E-state index in [-0.39, 0.29) is 35.1 Å². The van der Waals surface area contributed by atoms with Crippen LogP contribution in [0.25, 0.3) is 45.3 Å². The Bertz CT molecular complexity index is 2800. The zero-order valence-electron chi connectivity index (χ0n) is 34.6. The standard InChI is InChI=1S/C25H22FN5O3.C23H21FN4O/c26-18-5-1-15(2-6-18)21-22(31-23(30-21)16-9-12-27-13-10-16)20-11-14-28-25(29-20)34-19-7-3-17(4-8-19)24(32)33;1-14(2)22-27-20(16-6-8-17(24)9-7-16)21(28-22)19-12-13-25-23(26-19)29-18-10-4-15(3)5-11-18/h1-8,11,14,16,27H,9-10,12-13H2,(H,30,31)(H,32,33);4-14H,1-3H3,(H,27,28). The lowest BCUT2D eigenvalue weighted by Crippen LogP contribution is -2.27. The maximum Gasteiger partial charge on any atom is 0.335 e. The minimum absolute atomic E-state index is 0.114. The number of nitrogens with one attached hydrogen (secondary N) is 3. The first kappa shape index (κ1) is 42.1. The topological polar surface area (TPSA) is 177 Å². The first-order valence-electron chi connectivity index (χ1n) is 20.4. The molecule has 0 radical (unpaired) electrons. The number of benzene rings is 4. The van der Waals surface area contributed by atoms with Crippen LogP contribution in [-0.2, 0) is 0 Å². The molecule has 5 heterocycles. The van der Waals surface area contributed by atoms with E-state index in [4.69, 9.17) is 24.5 Å². The summed E-state index contributed by atoms with van der Waals surface area (Å²) in [6, 6.07) is 30.1. The molecule has 0 aliphatic carbocycles. The Labute approximate surface area is 361 Å². The highest BCUT2D eigenvalue weighted by Gasteiger charge is 2.24. The normalized spacial score (nSPS) is 12.7. The molecular formula is C48H43F2N9O4. The number of nitrogens with zero attached hydrogens (tertiary/aromatic N) is 6. The summed E-state index contributed by atoms with van der Waals surface area (Å²) in [4.78, 5) is 45.0.